The standard InChI is InChI=1S/C26H24N2O3/c1-16-12-17(2)25-20(13-16)21(15-23(27-25)18-8-6-5-7-9-18)26(29)28-22-11-10-19(30-3)14-24(22)31-4/h5-15H,1-4H3,(H,28,29). The maximum absolute atomic E-state index is 13.4. The zero-order chi connectivity index (χ0) is 22.0. The van der Waals surface area contributed by atoms with Crippen molar-refractivity contribution in [3.8, 4) is 22.8 Å². The van der Waals surface area contributed by atoms with Gasteiger partial charge >= 0.3 is 0 Å². The minimum Gasteiger partial charge on any atom is -0.497 e. The van der Waals surface area contributed by atoms with Gasteiger partial charge in [-0.15, -0.1) is 0 Å². The number of methoxy groups -OCH3 is 2. The van der Waals surface area contributed by atoms with Crippen LogP contribution < -0.4 is 14.8 Å². The highest BCUT2D eigenvalue weighted by Gasteiger charge is 2.17. The van der Waals surface area contributed by atoms with E-state index >= 15 is 0 Å². The number of hydrogen-bond acceptors (Lipinski definition) is 4. The molecule has 1 aromatic heterocycles. The summed E-state index contributed by atoms with van der Waals surface area (Å²) in [4.78, 5) is 18.3. The molecule has 0 aliphatic heterocycles. The predicted octanol–water partition coefficient (Wildman–Crippen LogP) is 5.79. The summed E-state index contributed by atoms with van der Waals surface area (Å²) in [6.07, 6.45) is 0. The molecule has 31 heavy (non-hydrogen) atoms. The number of benzene rings is 3. The van der Waals surface area contributed by atoms with Crippen LogP contribution in [0.15, 0.2) is 66.7 Å². The Labute approximate surface area is 181 Å². The van der Waals surface area contributed by atoms with E-state index in [2.05, 4.69) is 11.4 Å². The zero-order valence-corrected chi connectivity index (χ0v) is 18.0. The molecule has 1 N–H and O–H groups in total. The van der Waals surface area contributed by atoms with Crippen LogP contribution in [0, 0.1) is 13.8 Å². The van der Waals surface area contributed by atoms with Crippen molar-refractivity contribution in [2.24, 2.45) is 0 Å². The Morgan fingerprint density at radius 2 is 1.68 bits per heavy atom. The number of aromatic nitrogens is 1. The molecule has 1 amide bonds. The summed E-state index contributed by atoms with van der Waals surface area (Å²) < 4.78 is 10.7. The molecule has 1 heterocycles. The van der Waals surface area contributed by atoms with Crippen LogP contribution in [0.2, 0.25) is 0 Å². The first-order chi connectivity index (χ1) is 15.0. The molecular weight excluding hydrogens is 388 g/mol. The number of fused-ring (bicyclic) bond motifs is 1. The maximum atomic E-state index is 13.4. The van der Waals surface area contributed by atoms with Crippen LogP contribution >= 0.6 is 0 Å². The Morgan fingerprint density at radius 3 is 2.39 bits per heavy atom. The van der Waals surface area contributed by atoms with Gasteiger partial charge in [0.15, 0.2) is 0 Å². The SMILES string of the molecule is COc1ccc(NC(=O)c2cc(-c3ccccc3)nc3c(C)cc(C)cc23)c(OC)c1. The van der Waals surface area contributed by atoms with Gasteiger partial charge in [-0.3, -0.25) is 4.79 Å². The number of aryl methyl sites for hydroxylation is 2. The number of hydrogen-bond donors (Lipinski definition) is 1. The molecule has 0 aliphatic rings. The molecular formula is C26H24N2O3. The largest absolute Gasteiger partial charge is 0.497 e. The van der Waals surface area contributed by atoms with Crippen molar-refractivity contribution < 1.29 is 14.3 Å². The summed E-state index contributed by atoms with van der Waals surface area (Å²) in [5.41, 5.74) is 5.78. The van der Waals surface area contributed by atoms with Crippen molar-refractivity contribution in [1.29, 1.82) is 0 Å². The molecule has 5 heteroatoms. The van der Waals surface area contributed by atoms with Crippen LogP contribution in [-0.2, 0) is 0 Å². The van der Waals surface area contributed by atoms with Gasteiger partial charge in [-0.05, 0) is 43.7 Å². The molecule has 156 valence electrons. The number of anilines is 1. The number of pyridine rings is 1. The van der Waals surface area contributed by atoms with Crippen LogP contribution in [0.4, 0.5) is 5.69 Å². The van der Waals surface area contributed by atoms with Gasteiger partial charge in [0.05, 0.1) is 36.7 Å². The highest BCUT2D eigenvalue weighted by Crippen LogP contribution is 2.32. The lowest BCUT2D eigenvalue weighted by Crippen LogP contribution is -2.14. The number of nitrogens with zero attached hydrogens (tertiary/aromatic N) is 1. The van der Waals surface area contributed by atoms with Crippen molar-refractivity contribution in [3.63, 3.8) is 0 Å². The monoisotopic (exact) mass is 412 g/mol. The number of nitrogens with one attached hydrogen (secondary N) is 1. The quantitative estimate of drug-likeness (QED) is 0.451. The highest BCUT2D eigenvalue weighted by molar-refractivity contribution is 6.14. The van der Waals surface area contributed by atoms with Gasteiger partial charge < -0.3 is 14.8 Å². The van der Waals surface area contributed by atoms with E-state index in [1.807, 2.05) is 56.3 Å². The van der Waals surface area contributed by atoms with Crippen molar-refractivity contribution in [2.45, 2.75) is 13.8 Å². The number of ether oxygens (including phenoxy) is 2. The van der Waals surface area contributed by atoms with E-state index in [-0.39, 0.29) is 5.91 Å². The molecule has 0 saturated heterocycles. The Kier molecular flexibility index (Phi) is 5.58. The van der Waals surface area contributed by atoms with Gasteiger partial charge in [0.1, 0.15) is 11.5 Å². The Hall–Kier alpha value is -3.86. The molecule has 0 radical (unpaired) electrons. The fourth-order valence-corrected chi connectivity index (χ4v) is 3.72. The van der Waals surface area contributed by atoms with E-state index < -0.39 is 0 Å². The lowest BCUT2D eigenvalue weighted by atomic mass is 9.99. The molecule has 0 saturated carbocycles. The molecule has 0 aliphatic carbocycles. The van der Waals surface area contributed by atoms with Crippen molar-refractivity contribution in [2.75, 3.05) is 19.5 Å². The second kappa shape index (κ2) is 8.48. The van der Waals surface area contributed by atoms with E-state index in [9.17, 15) is 4.79 Å². The van der Waals surface area contributed by atoms with Crippen LogP contribution in [0.1, 0.15) is 21.5 Å². The van der Waals surface area contributed by atoms with Crippen molar-refractivity contribution >= 4 is 22.5 Å². The van der Waals surface area contributed by atoms with E-state index in [4.69, 9.17) is 14.5 Å². The van der Waals surface area contributed by atoms with Crippen molar-refractivity contribution in [1.82, 2.24) is 4.98 Å². The van der Waals surface area contributed by atoms with Crippen LogP contribution in [0.3, 0.4) is 0 Å². The second-order valence-corrected chi connectivity index (χ2v) is 7.42. The molecule has 3 aromatic carbocycles. The number of rotatable bonds is 5. The lowest BCUT2D eigenvalue weighted by Gasteiger charge is -2.15. The molecule has 0 unspecified atom stereocenters. The van der Waals surface area contributed by atoms with E-state index in [1.54, 1.807) is 32.4 Å². The number of amides is 1. The van der Waals surface area contributed by atoms with Gasteiger partial charge in [-0.2, -0.15) is 0 Å². The molecule has 0 bridgehead atoms. The summed E-state index contributed by atoms with van der Waals surface area (Å²) >= 11 is 0. The fraction of sp³-hybridized carbons (Fsp3) is 0.154. The predicted molar refractivity (Wildman–Crippen MR) is 124 cm³/mol. The van der Waals surface area contributed by atoms with Gasteiger partial charge in [-0.25, -0.2) is 4.98 Å². The Morgan fingerprint density at radius 1 is 0.903 bits per heavy atom. The van der Waals surface area contributed by atoms with Gasteiger partial charge in [0.25, 0.3) is 5.91 Å². The number of carbonyl (C=O) groups is 1. The molecule has 0 fully saturated rings. The highest BCUT2D eigenvalue weighted by atomic mass is 16.5. The first-order valence-electron chi connectivity index (χ1n) is 10.0. The summed E-state index contributed by atoms with van der Waals surface area (Å²) in [6, 6.07) is 21.1. The normalized spacial score (nSPS) is 10.7. The molecule has 5 nitrogen and oxygen atoms in total. The summed E-state index contributed by atoms with van der Waals surface area (Å²) in [7, 11) is 3.15. The van der Waals surface area contributed by atoms with Gasteiger partial charge in [0, 0.05) is 17.0 Å². The third-order valence-corrected chi connectivity index (χ3v) is 5.22. The summed E-state index contributed by atoms with van der Waals surface area (Å²) in [5.74, 6) is 0.960. The smallest absolute Gasteiger partial charge is 0.256 e. The van der Waals surface area contributed by atoms with E-state index in [1.165, 1.54) is 0 Å². The van der Waals surface area contributed by atoms with E-state index in [0.717, 1.165) is 33.3 Å². The average molecular weight is 412 g/mol. The van der Waals surface area contributed by atoms with Crippen LogP contribution in [0.25, 0.3) is 22.2 Å². The fourth-order valence-electron chi connectivity index (χ4n) is 3.72. The summed E-state index contributed by atoms with van der Waals surface area (Å²) in [6.45, 7) is 4.04. The third-order valence-electron chi connectivity index (χ3n) is 5.22. The van der Waals surface area contributed by atoms with Gasteiger partial charge in [0.2, 0.25) is 0 Å². The van der Waals surface area contributed by atoms with Gasteiger partial charge in [-0.1, -0.05) is 42.0 Å². The first kappa shape index (κ1) is 20.4. The zero-order valence-electron chi connectivity index (χ0n) is 18.0. The van der Waals surface area contributed by atoms with E-state index in [0.29, 0.717) is 22.7 Å². The van der Waals surface area contributed by atoms with Crippen molar-refractivity contribution in [3.05, 3.63) is 83.4 Å². The lowest BCUT2D eigenvalue weighted by molar-refractivity contribution is 0.102. The average Bonchev–Trinajstić information content (AvgIpc) is 2.79. The minimum absolute atomic E-state index is 0.224. The molecule has 0 spiro atoms. The maximum Gasteiger partial charge on any atom is 0.256 e. The Bertz CT molecular complexity index is 1270. The Balaban J connectivity index is 1.85. The second-order valence-electron chi connectivity index (χ2n) is 7.42. The minimum atomic E-state index is -0.224. The first-order valence-corrected chi connectivity index (χ1v) is 10.0. The summed E-state index contributed by atoms with van der Waals surface area (Å²) in [5, 5.41) is 3.81. The topological polar surface area (TPSA) is 60.5 Å². The third kappa shape index (κ3) is 4.08. The number of carbonyl (C=O) groups excluding carboxylic acids is 1. The molecule has 4 aromatic rings. The molecule has 0 atom stereocenters. The van der Waals surface area contributed by atoms with Crippen LogP contribution in [-0.4, -0.2) is 25.1 Å². The molecule has 4 rings (SSSR count). The van der Waals surface area contributed by atoms with Crippen LogP contribution in [0.5, 0.6) is 11.5 Å².